The van der Waals surface area contributed by atoms with Gasteiger partial charge in [-0.3, -0.25) is 4.79 Å². The Kier molecular flexibility index (Phi) is 4.47. The number of aromatic amines is 1. The fourth-order valence-corrected chi connectivity index (χ4v) is 1.58. The molecule has 6 heteroatoms. The van der Waals surface area contributed by atoms with Gasteiger partial charge in [-0.05, 0) is 24.6 Å². The van der Waals surface area contributed by atoms with Gasteiger partial charge in [-0.1, -0.05) is 17.9 Å². The normalized spacial score (nSPS) is 9.70. The van der Waals surface area contributed by atoms with Crippen LogP contribution in [0.15, 0.2) is 24.4 Å². The molecule has 1 heterocycles. The molecule has 2 rings (SSSR count). The summed E-state index contributed by atoms with van der Waals surface area (Å²) in [5, 5.41) is 21.2. The van der Waals surface area contributed by atoms with Crippen molar-refractivity contribution in [3.05, 3.63) is 41.2 Å². The first kappa shape index (κ1) is 13.8. The summed E-state index contributed by atoms with van der Waals surface area (Å²) in [5.41, 5.74) is 2.53. The number of nitrogens with one attached hydrogen (secondary N) is 2. The Morgan fingerprint density at radius 1 is 1.50 bits per heavy atom. The van der Waals surface area contributed by atoms with Crippen molar-refractivity contribution >= 4 is 11.6 Å². The van der Waals surface area contributed by atoms with E-state index in [1.807, 2.05) is 25.1 Å². The van der Waals surface area contributed by atoms with Gasteiger partial charge in [-0.15, -0.1) is 0 Å². The van der Waals surface area contributed by atoms with Crippen molar-refractivity contribution in [3.63, 3.8) is 0 Å². The molecular weight excluding hydrogens is 256 g/mol. The fraction of sp³-hybridized carbons (Fsp3) is 0.214. The van der Waals surface area contributed by atoms with E-state index in [0.29, 0.717) is 17.7 Å². The first-order valence-electron chi connectivity index (χ1n) is 6.08. The number of carbonyl (C=O) groups excluding carboxylic acids is 1. The molecule has 1 amide bonds. The van der Waals surface area contributed by atoms with Gasteiger partial charge in [-0.25, -0.2) is 0 Å². The molecule has 0 bridgehead atoms. The topological polar surface area (TPSA) is 90.9 Å². The molecule has 20 heavy (non-hydrogen) atoms. The number of hydrogen-bond acceptors (Lipinski definition) is 4. The van der Waals surface area contributed by atoms with E-state index in [0.717, 1.165) is 5.56 Å². The highest BCUT2D eigenvalue weighted by Gasteiger charge is 2.10. The number of anilines is 1. The SMILES string of the molecule is Cc1ccc(C#CCCO)c(NC(=O)c2cn[nH]n2)c1. The predicted molar refractivity (Wildman–Crippen MR) is 74.1 cm³/mol. The number of hydrogen-bond donors (Lipinski definition) is 3. The zero-order chi connectivity index (χ0) is 14.4. The lowest BCUT2D eigenvalue weighted by molar-refractivity contribution is 0.102. The molecule has 2 aromatic rings. The van der Waals surface area contributed by atoms with E-state index in [9.17, 15) is 4.79 Å². The highest BCUT2D eigenvalue weighted by atomic mass is 16.2. The van der Waals surface area contributed by atoms with E-state index in [1.54, 1.807) is 0 Å². The lowest BCUT2D eigenvalue weighted by Crippen LogP contribution is -2.13. The van der Waals surface area contributed by atoms with Gasteiger partial charge in [0.2, 0.25) is 0 Å². The maximum Gasteiger partial charge on any atom is 0.277 e. The summed E-state index contributed by atoms with van der Waals surface area (Å²) in [4.78, 5) is 11.9. The third kappa shape index (κ3) is 3.43. The van der Waals surface area contributed by atoms with Gasteiger partial charge in [0, 0.05) is 12.0 Å². The molecule has 0 saturated heterocycles. The first-order chi connectivity index (χ1) is 9.70. The van der Waals surface area contributed by atoms with Gasteiger partial charge in [0.05, 0.1) is 18.5 Å². The van der Waals surface area contributed by atoms with Crippen molar-refractivity contribution in [2.45, 2.75) is 13.3 Å². The van der Waals surface area contributed by atoms with Crippen molar-refractivity contribution in [2.24, 2.45) is 0 Å². The summed E-state index contributed by atoms with van der Waals surface area (Å²) in [6.45, 7) is 1.94. The molecule has 1 aromatic heterocycles. The number of carbonyl (C=O) groups is 1. The number of amides is 1. The van der Waals surface area contributed by atoms with Crippen LogP contribution in [0.2, 0.25) is 0 Å². The molecule has 0 aliphatic heterocycles. The standard InChI is InChI=1S/C14H14N4O2/c1-10-5-6-11(4-2-3-7-19)12(8-10)16-14(20)13-9-15-18-17-13/h5-6,8-9,19H,3,7H2,1H3,(H,16,20)(H,15,17,18). The van der Waals surface area contributed by atoms with Gasteiger partial charge in [0.15, 0.2) is 5.69 Å². The van der Waals surface area contributed by atoms with Crippen LogP contribution in [0.5, 0.6) is 0 Å². The highest BCUT2D eigenvalue weighted by molar-refractivity contribution is 6.03. The van der Waals surface area contributed by atoms with E-state index in [2.05, 4.69) is 32.6 Å². The number of benzene rings is 1. The molecule has 0 atom stereocenters. The Morgan fingerprint density at radius 2 is 2.35 bits per heavy atom. The van der Waals surface area contributed by atoms with Crippen LogP contribution in [0.4, 0.5) is 5.69 Å². The second-order valence-corrected chi connectivity index (χ2v) is 4.13. The summed E-state index contributed by atoms with van der Waals surface area (Å²) in [6.07, 6.45) is 1.74. The molecule has 1 aromatic carbocycles. The molecule has 0 spiro atoms. The fourth-order valence-electron chi connectivity index (χ4n) is 1.58. The third-order valence-corrected chi connectivity index (χ3v) is 2.53. The zero-order valence-corrected chi connectivity index (χ0v) is 11.0. The predicted octanol–water partition coefficient (Wildman–Crippen LogP) is 1.10. The van der Waals surface area contributed by atoms with Gasteiger partial charge < -0.3 is 10.4 Å². The number of aryl methyl sites for hydroxylation is 1. The molecule has 0 fully saturated rings. The summed E-state index contributed by atoms with van der Waals surface area (Å²) in [7, 11) is 0. The Hall–Kier alpha value is -2.65. The third-order valence-electron chi connectivity index (χ3n) is 2.53. The molecule has 0 saturated carbocycles. The van der Waals surface area contributed by atoms with Crippen molar-refractivity contribution in [1.82, 2.24) is 15.4 Å². The van der Waals surface area contributed by atoms with E-state index >= 15 is 0 Å². The summed E-state index contributed by atoms with van der Waals surface area (Å²) < 4.78 is 0. The molecule has 0 unspecified atom stereocenters. The number of H-pyrrole nitrogens is 1. The second-order valence-electron chi connectivity index (χ2n) is 4.13. The average molecular weight is 270 g/mol. The summed E-state index contributed by atoms with van der Waals surface area (Å²) in [5.74, 6) is 5.41. The van der Waals surface area contributed by atoms with Crippen molar-refractivity contribution in [1.29, 1.82) is 0 Å². The monoisotopic (exact) mass is 270 g/mol. The van der Waals surface area contributed by atoms with Crippen LogP contribution in [0.1, 0.15) is 28.0 Å². The lowest BCUT2D eigenvalue weighted by atomic mass is 10.1. The summed E-state index contributed by atoms with van der Waals surface area (Å²) in [6, 6.07) is 5.58. The van der Waals surface area contributed by atoms with E-state index in [-0.39, 0.29) is 18.2 Å². The minimum Gasteiger partial charge on any atom is -0.395 e. The van der Waals surface area contributed by atoms with Crippen LogP contribution in [-0.4, -0.2) is 33.0 Å². The largest absolute Gasteiger partial charge is 0.395 e. The highest BCUT2D eigenvalue weighted by Crippen LogP contribution is 2.17. The zero-order valence-electron chi connectivity index (χ0n) is 11.0. The van der Waals surface area contributed by atoms with Crippen molar-refractivity contribution < 1.29 is 9.90 Å². The number of rotatable bonds is 3. The van der Waals surface area contributed by atoms with Crippen LogP contribution in [0.25, 0.3) is 0 Å². The van der Waals surface area contributed by atoms with E-state index in [4.69, 9.17) is 5.11 Å². The number of aliphatic hydroxyl groups is 1. The van der Waals surface area contributed by atoms with Gasteiger partial charge in [-0.2, -0.15) is 15.4 Å². The number of aliphatic hydroxyl groups excluding tert-OH is 1. The Labute approximate surface area is 116 Å². The van der Waals surface area contributed by atoms with Gasteiger partial charge in [0.1, 0.15) is 0 Å². The molecule has 0 aliphatic rings. The second kappa shape index (κ2) is 6.50. The Bertz CT molecular complexity index is 654. The maximum atomic E-state index is 11.9. The van der Waals surface area contributed by atoms with E-state index < -0.39 is 0 Å². The lowest BCUT2D eigenvalue weighted by Gasteiger charge is -2.07. The van der Waals surface area contributed by atoms with Crippen LogP contribution < -0.4 is 5.32 Å². The van der Waals surface area contributed by atoms with Crippen LogP contribution in [0.3, 0.4) is 0 Å². The van der Waals surface area contributed by atoms with Gasteiger partial charge in [0.25, 0.3) is 5.91 Å². The molecule has 6 nitrogen and oxygen atoms in total. The molecule has 102 valence electrons. The summed E-state index contributed by atoms with van der Waals surface area (Å²) >= 11 is 0. The Balaban J connectivity index is 2.24. The number of nitrogens with zero attached hydrogens (tertiary/aromatic N) is 2. The molecule has 0 radical (unpaired) electrons. The van der Waals surface area contributed by atoms with Gasteiger partial charge >= 0.3 is 0 Å². The minimum absolute atomic E-state index is 0.0134. The quantitative estimate of drug-likeness (QED) is 0.728. The van der Waals surface area contributed by atoms with Crippen molar-refractivity contribution in [3.8, 4) is 11.8 Å². The Morgan fingerprint density at radius 3 is 3.05 bits per heavy atom. The first-order valence-corrected chi connectivity index (χ1v) is 6.08. The molecule has 3 N–H and O–H groups in total. The van der Waals surface area contributed by atoms with Crippen molar-refractivity contribution in [2.75, 3.05) is 11.9 Å². The minimum atomic E-state index is -0.352. The maximum absolute atomic E-state index is 11.9. The molecule has 0 aliphatic carbocycles. The molecular formula is C14H14N4O2. The number of aromatic nitrogens is 3. The smallest absolute Gasteiger partial charge is 0.277 e. The van der Waals surface area contributed by atoms with E-state index in [1.165, 1.54) is 6.20 Å². The average Bonchev–Trinajstić information content (AvgIpc) is 2.95. The van der Waals surface area contributed by atoms with Crippen LogP contribution >= 0.6 is 0 Å². The van der Waals surface area contributed by atoms with Crippen LogP contribution in [0, 0.1) is 18.8 Å². The van der Waals surface area contributed by atoms with Crippen LogP contribution in [-0.2, 0) is 0 Å².